The number of carbonyl (C=O) groups is 2. The number of aliphatic carboxylic acids is 1. The van der Waals surface area contributed by atoms with Gasteiger partial charge in [-0.25, -0.2) is 0 Å². The second-order valence-electron chi connectivity index (χ2n) is 5.76. The number of hydrogen-bond acceptors (Lipinski definition) is 3. The number of nitrogens with zero attached hydrogens (tertiary/aromatic N) is 1. The van der Waals surface area contributed by atoms with E-state index in [1.54, 1.807) is 0 Å². The topological polar surface area (TPSA) is 57.6 Å². The Labute approximate surface area is 118 Å². The van der Waals surface area contributed by atoms with E-state index >= 15 is 0 Å². The van der Waals surface area contributed by atoms with Gasteiger partial charge in [-0.05, 0) is 31.4 Å². The maximum atomic E-state index is 12.4. The number of carboxylic acids is 1. The largest absolute Gasteiger partial charge is 0.481 e. The molecular formula is C14H23NO3S. The molecule has 0 aromatic rings. The highest BCUT2D eigenvalue weighted by atomic mass is 32.2. The van der Waals surface area contributed by atoms with Gasteiger partial charge in [0.05, 0.1) is 5.41 Å². The van der Waals surface area contributed by atoms with Gasteiger partial charge < -0.3 is 10.0 Å². The van der Waals surface area contributed by atoms with Crippen LogP contribution in [0.4, 0.5) is 0 Å². The molecule has 2 heterocycles. The fraction of sp³-hybridized carbons (Fsp3) is 0.857. The summed E-state index contributed by atoms with van der Waals surface area (Å²) >= 11 is 1.83. The number of amides is 1. The standard InChI is InChI=1S/C14H23NO3S/c1-2-5-14(13(17)18)6-3-7-15(10-14)12(16)11-4-8-19-9-11/h11H,2-10H2,1H3,(H,17,18). The molecule has 2 saturated heterocycles. The molecule has 0 radical (unpaired) electrons. The summed E-state index contributed by atoms with van der Waals surface area (Å²) in [6.07, 6.45) is 4.00. The average molecular weight is 285 g/mol. The van der Waals surface area contributed by atoms with E-state index < -0.39 is 11.4 Å². The number of rotatable bonds is 4. The summed E-state index contributed by atoms with van der Waals surface area (Å²) in [5.41, 5.74) is -0.700. The van der Waals surface area contributed by atoms with Gasteiger partial charge in [0.15, 0.2) is 0 Å². The van der Waals surface area contributed by atoms with Crippen LogP contribution in [0.15, 0.2) is 0 Å². The fourth-order valence-electron chi connectivity index (χ4n) is 3.27. The summed E-state index contributed by atoms with van der Waals surface area (Å²) in [5.74, 6) is 1.54. The molecule has 0 aliphatic carbocycles. The van der Waals surface area contributed by atoms with E-state index in [1.807, 2.05) is 23.6 Å². The van der Waals surface area contributed by atoms with Crippen molar-refractivity contribution in [3.05, 3.63) is 0 Å². The van der Waals surface area contributed by atoms with Gasteiger partial charge in [-0.15, -0.1) is 0 Å². The van der Waals surface area contributed by atoms with Gasteiger partial charge in [0.2, 0.25) is 5.91 Å². The van der Waals surface area contributed by atoms with Crippen molar-refractivity contribution in [1.29, 1.82) is 0 Å². The third-order valence-electron chi connectivity index (χ3n) is 4.35. The predicted octanol–water partition coefficient (Wildman–Crippen LogP) is 2.23. The van der Waals surface area contributed by atoms with E-state index in [0.29, 0.717) is 19.4 Å². The molecule has 1 amide bonds. The molecule has 2 rings (SSSR count). The fourth-order valence-corrected chi connectivity index (χ4v) is 4.48. The van der Waals surface area contributed by atoms with Gasteiger partial charge >= 0.3 is 5.97 Å². The monoisotopic (exact) mass is 285 g/mol. The lowest BCUT2D eigenvalue weighted by Gasteiger charge is -2.40. The first-order valence-corrected chi connectivity index (χ1v) is 8.34. The Morgan fingerprint density at radius 1 is 1.47 bits per heavy atom. The summed E-state index contributed by atoms with van der Waals surface area (Å²) in [4.78, 5) is 25.9. The lowest BCUT2D eigenvalue weighted by atomic mass is 9.76. The van der Waals surface area contributed by atoms with Crippen LogP contribution in [0.2, 0.25) is 0 Å². The number of hydrogen-bond donors (Lipinski definition) is 1. The van der Waals surface area contributed by atoms with Gasteiger partial charge in [-0.3, -0.25) is 9.59 Å². The summed E-state index contributed by atoms with van der Waals surface area (Å²) in [5, 5.41) is 9.54. The molecule has 0 aromatic carbocycles. The third-order valence-corrected chi connectivity index (χ3v) is 5.51. The van der Waals surface area contributed by atoms with Crippen LogP contribution in [0.1, 0.15) is 39.0 Å². The molecule has 0 bridgehead atoms. The Hall–Kier alpha value is -0.710. The third kappa shape index (κ3) is 3.07. The first-order chi connectivity index (χ1) is 9.09. The van der Waals surface area contributed by atoms with Gasteiger partial charge in [0.1, 0.15) is 0 Å². The molecule has 5 heteroatoms. The van der Waals surface area contributed by atoms with Crippen molar-refractivity contribution in [3.8, 4) is 0 Å². The Bertz CT molecular complexity index is 351. The van der Waals surface area contributed by atoms with E-state index in [2.05, 4.69) is 0 Å². The maximum Gasteiger partial charge on any atom is 0.311 e. The smallest absolute Gasteiger partial charge is 0.311 e. The Kier molecular flexibility index (Phi) is 4.76. The van der Waals surface area contributed by atoms with Crippen molar-refractivity contribution in [3.63, 3.8) is 0 Å². The molecule has 2 aliphatic heterocycles. The average Bonchev–Trinajstić information content (AvgIpc) is 2.92. The van der Waals surface area contributed by atoms with Gasteiger partial charge in [0.25, 0.3) is 0 Å². The van der Waals surface area contributed by atoms with Crippen LogP contribution >= 0.6 is 11.8 Å². The second-order valence-corrected chi connectivity index (χ2v) is 6.91. The van der Waals surface area contributed by atoms with Crippen molar-refractivity contribution in [2.75, 3.05) is 24.6 Å². The molecule has 108 valence electrons. The zero-order valence-corrected chi connectivity index (χ0v) is 12.4. The predicted molar refractivity (Wildman–Crippen MR) is 76.2 cm³/mol. The zero-order chi connectivity index (χ0) is 13.9. The highest BCUT2D eigenvalue weighted by Gasteiger charge is 2.43. The highest BCUT2D eigenvalue weighted by Crippen LogP contribution is 2.36. The van der Waals surface area contributed by atoms with Crippen molar-refractivity contribution < 1.29 is 14.7 Å². The van der Waals surface area contributed by atoms with Crippen molar-refractivity contribution in [2.24, 2.45) is 11.3 Å². The van der Waals surface area contributed by atoms with Crippen LogP contribution in [0, 0.1) is 11.3 Å². The molecule has 1 N–H and O–H groups in total. The molecule has 4 nitrogen and oxygen atoms in total. The molecule has 0 spiro atoms. The zero-order valence-electron chi connectivity index (χ0n) is 11.6. The molecule has 2 fully saturated rings. The van der Waals surface area contributed by atoms with Crippen molar-refractivity contribution in [1.82, 2.24) is 4.90 Å². The van der Waals surface area contributed by atoms with Gasteiger partial charge in [-0.2, -0.15) is 11.8 Å². The van der Waals surface area contributed by atoms with Crippen LogP contribution in [0.5, 0.6) is 0 Å². The Balaban J connectivity index is 2.06. The first kappa shape index (κ1) is 14.7. The first-order valence-electron chi connectivity index (χ1n) is 7.19. The minimum Gasteiger partial charge on any atom is -0.481 e. The molecule has 0 aromatic heterocycles. The summed E-state index contributed by atoms with van der Waals surface area (Å²) in [7, 11) is 0. The van der Waals surface area contributed by atoms with Gasteiger partial charge in [-0.1, -0.05) is 13.3 Å². The maximum absolute atomic E-state index is 12.4. The second kappa shape index (κ2) is 6.16. The van der Waals surface area contributed by atoms with E-state index in [1.165, 1.54) is 0 Å². The quantitative estimate of drug-likeness (QED) is 0.860. The van der Waals surface area contributed by atoms with Crippen LogP contribution in [0.25, 0.3) is 0 Å². The normalized spacial score (nSPS) is 31.4. The molecular weight excluding hydrogens is 262 g/mol. The van der Waals surface area contributed by atoms with Crippen LogP contribution < -0.4 is 0 Å². The van der Waals surface area contributed by atoms with E-state index in [0.717, 1.165) is 37.3 Å². The number of carboxylic acid groups (broad SMARTS) is 1. The van der Waals surface area contributed by atoms with Crippen LogP contribution in [-0.4, -0.2) is 46.5 Å². The summed E-state index contributed by atoms with van der Waals surface area (Å²) in [6, 6.07) is 0. The lowest BCUT2D eigenvalue weighted by Crippen LogP contribution is -2.51. The number of piperidine rings is 1. The summed E-state index contributed by atoms with van der Waals surface area (Å²) < 4.78 is 0. The molecule has 2 atom stereocenters. The highest BCUT2D eigenvalue weighted by molar-refractivity contribution is 7.99. The number of thioether (sulfide) groups is 1. The van der Waals surface area contributed by atoms with E-state index in [9.17, 15) is 14.7 Å². The van der Waals surface area contributed by atoms with E-state index in [4.69, 9.17) is 0 Å². The minimum absolute atomic E-state index is 0.122. The lowest BCUT2D eigenvalue weighted by molar-refractivity contribution is -0.156. The van der Waals surface area contributed by atoms with Crippen LogP contribution in [-0.2, 0) is 9.59 Å². The van der Waals surface area contributed by atoms with Crippen molar-refractivity contribution >= 4 is 23.6 Å². The molecule has 2 aliphatic rings. The summed E-state index contributed by atoms with van der Waals surface area (Å²) in [6.45, 7) is 3.16. The van der Waals surface area contributed by atoms with Gasteiger partial charge in [0, 0.05) is 24.8 Å². The van der Waals surface area contributed by atoms with E-state index in [-0.39, 0.29) is 11.8 Å². The van der Waals surface area contributed by atoms with Crippen molar-refractivity contribution in [2.45, 2.75) is 39.0 Å². The molecule has 0 saturated carbocycles. The Morgan fingerprint density at radius 2 is 2.26 bits per heavy atom. The number of likely N-dealkylation sites (tertiary alicyclic amines) is 1. The number of carbonyl (C=O) groups excluding carboxylic acids is 1. The molecule has 2 unspecified atom stereocenters. The minimum atomic E-state index is -0.729. The van der Waals surface area contributed by atoms with Crippen LogP contribution in [0.3, 0.4) is 0 Å². The Morgan fingerprint density at radius 3 is 2.84 bits per heavy atom. The molecule has 19 heavy (non-hydrogen) atoms. The SMILES string of the molecule is CCCC1(C(=O)O)CCCN(C(=O)C2CCSC2)C1.